The van der Waals surface area contributed by atoms with Crippen molar-refractivity contribution in [1.82, 2.24) is 0 Å². The molecule has 0 amide bonds. The average molecular weight is 198 g/mol. The van der Waals surface area contributed by atoms with Gasteiger partial charge < -0.3 is 10.1 Å². The number of carbonyl (C=O) groups excluding carboxylic acids is 1. The highest BCUT2D eigenvalue weighted by molar-refractivity contribution is 5.66. The number of fused-ring (bicyclic) bond motifs is 1. The number of ether oxygens (including phenoxy) is 1. The minimum absolute atomic E-state index is 0.121. The van der Waals surface area contributed by atoms with E-state index in [1.807, 2.05) is 0 Å². The zero-order valence-corrected chi connectivity index (χ0v) is 8.87. The van der Waals surface area contributed by atoms with Crippen molar-refractivity contribution in [3.8, 4) is 0 Å². The molecule has 3 atom stereocenters. The molecule has 0 unspecified atom stereocenters. The summed E-state index contributed by atoms with van der Waals surface area (Å²) in [5.41, 5.74) is 0. The number of carbonyl (C=O) groups is 1. The summed E-state index contributed by atoms with van der Waals surface area (Å²) in [6.45, 7) is 2.77. The first kappa shape index (κ1) is 9.97. The molecular formula is C11H20NO2+. The standard InChI is InChI=1S/C11H19NO2/c1-8(13)14-10-5-4-9-3-2-6-12-11(9)7-10/h9-12H,2-7H2,1H3/p+1/t9-,10+,11-/m1/s1. The molecule has 14 heavy (non-hydrogen) atoms. The molecule has 1 saturated carbocycles. The zero-order valence-electron chi connectivity index (χ0n) is 8.87. The minimum atomic E-state index is -0.121. The molecule has 0 spiro atoms. The lowest BCUT2D eigenvalue weighted by atomic mass is 9.78. The fourth-order valence-electron chi connectivity index (χ4n) is 2.93. The number of piperidine rings is 1. The monoisotopic (exact) mass is 198 g/mol. The molecule has 0 aromatic rings. The first-order valence-corrected chi connectivity index (χ1v) is 5.76. The first-order chi connectivity index (χ1) is 6.75. The van der Waals surface area contributed by atoms with E-state index in [1.54, 1.807) is 0 Å². The van der Waals surface area contributed by atoms with Crippen LogP contribution in [0.25, 0.3) is 0 Å². The van der Waals surface area contributed by atoms with Gasteiger partial charge in [-0.1, -0.05) is 0 Å². The summed E-state index contributed by atoms with van der Waals surface area (Å²) in [7, 11) is 0. The summed E-state index contributed by atoms with van der Waals surface area (Å²) in [6.07, 6.45) is 6.34. The Labute approximate surface area is 85.2 Å². The number of nitrogens with two attached hydrogens (primary N) is 1. The van der Waals surface area contributed by atoms with E-state index >= 15 is 0 Å². The molecule has 0 bridgehead atoms. The lowest BCUT2D eigenvalue weighted by Gasteiger charge is -2.36. The van der Waals surface area contributed by atoms with Crippen LogP contribution in [0, 0.1) is 5.92 Å². The van der Waals surface area contributed by atoms with Gasteiger partial charge in [-0.15, -0.1) is 0 Å². The number of rotatable bonds is 1. The second-order valence-electron chi connectivity index (χ2n) is 4.64. The molecule has 2 rings (SSSR count). The maximum Gasteiger partial charge on any atom is 0.302 e. The molecule has 3 nitrogen and oxygen atoms in total. The molecule has 2 N–H and O–H groups in total. The van der Waals surface area contributed by atoms with Crippen LogP contribution in [0.15, 0.2) is 0 Å². The van der Waals surface area contributed by atoms with E-state index in [4.69, 9.17) is 4.74 Å². The molecule has 1 heterocycles. The molecule has 80 valence electrons. The van der Waals surface area contributed by atoms with Gasteiger partial charge in [0.05, 0.1) is 12.6 Å². The van der Waals surface area contributed by atoms with Crippen LogP contribution in [0.1, 0.15) is 39.0 Å². The molecule has 1 aliphatic carbocycles. The highest BCUT2D eigenvalue weighted by Crippen LogP contribution is 2.29. The predicted octanol–water partition coefficient (Wildman–Crippen LogP) is 0.444. The van der Waals surface area contributed by atoms with Gasteiger partial charge in [0, 0.05) is 19.3 Å². The Hall–Kier alpha value is -0.570. The van der Waals surface area contributed by atoms with Crippen molar-refractivity contribution in [3.63, 3.8) is 0 Å². The Morgan fingerprint density at radius 3 is 3.00 bits per heavy atom. The summed E-state index contributed by atoms with van der Waals surface area (Å²) in [5.74, 6) is 0.764. The highest BCUT2D eigenvalue weighted by Gasteiger charge is 2.35. The van der Waals surface area contributed by atoms with Crippen molar-refractivity contribution < 1.29 is 14.8 Å². The third-order valence-corrected chi connectivity index (χ3v) is 3.58. The summed E-state index contributed by atoms with van der Waals surface area (Å²) in [6, 6.07) is 0.724. The molecule has 2 fully saturated rings. The van der Waals surface area contributed by atoms with Crippen LogP contribution in [0.4, 0.5) is 0 Å². The Morgan fingerprint density at radius 2 is 2.21 bits per heavy atom. The topological polar surface area (TPSA) is 42.9 Å². The van der Waals surface area contributed by atoms with Crippen LogP contribution in [0.2, 0.25) is 0 Å². The summed E-state index contributed by atoms with van der Waals surface area (Å²) < 4.78 is 5.28. The average Bonchev–Trinajstić information content (AvgIpc) is 2.17. The summed E-state index contributed by atoms with van der Waals surface area (Å²) in [4.78, 5) is 10.8. The molecule has 1 saturated heterocycles. The molecule has 3 heteroatoms. The third kappa shape index (κ3) is 2.27. The fourth-order valence-corrected chi connectivity index (χ4v) is 2.93. The molecule has 0 aromatic heterocycles. The largest absolute Gasteiger partial charge is 0.462 e. The van der Waals surface area contributed by atoms with Gasteiger partial charge in [-0.05, 0) is 25.7 Å². The van der Waals surface area contributed by atoms with E-state index in [0.29, 0.717) is 0 Å². The minimum Gasteiger partial charge on any atom is -0.462 e. The predicted molar refractivity (Wildman–Crippen MR) is 52.7 cm³/mol. The van der Waals surface area contributed by atoms with Crippen LogP contribution in [-0.2, 0) is 9.53 Å². The summed E-state index contributed by atoms with van der Waals surface area (Å²) in [5, 5.41) is 2.45. The van der Waals surface area contributed by atoms with Gasteiger partial charge in [-0.2, -0.15) is 0 Å². The van der Waals surface area contributed by atoms with E-state index in [2.05, 4.69) is 5.32 Å². The van der Waals surface area contributed by atoms with Crippen LogP contribution in [-0.4, -0.2) is 24.7 Å². The second-order valence-corrected chi connectivity index (χ2v) is 4.64. The zero-order chi connectivity index (χ0) is 9.97. The Balaban J connectivity index is 1.86. The fraction of sp³-hybridized carbons (Fsp3) is 0.909. The Bertz CT molecular complexity index is 217. The summed E-state index contributed by atoms with van der Waals surface area (Å²) >= 11 is 0. The van der Waals surface area contributed by atoms with Gasteiger partial charge in [-0.25, -0.2) is 0 Å². The second kappa shape index (κ2) is 4.30. The van der Waals surface area contributed by atoms with Gasteiger partial charge >= 0.3 is 5.97 Å². The number of hydrogen-bond acceptors (Lipinski definition) is 2. The smallest absolute Gasteiger partial charge is 0.302 e. The van der Waals surface area contributed by atoms with Crippen LogP contribution in [0.5, 0.6) is 0 Å². The van der Waals surface area contributed by atoms with Gasteiger partial charge in [0.25, 0.3) is 0 Å². The quantitative estimate of drug-likeness (QED) is 0.621. The third-order valence-electron chi connectivity index (χ3n) is 3.58. The van der Waals surface area contributed by atoms with Gasteiger partial charge in [0.1, 0.15) is 6.10 Å². The van der Waals surface area contributed by atoms with E-state index in [0.717, 1.165) is 24.8 Å². The maximum atomic E-state index is 10.8. The Morgan fingerprint density at radius 1 is 1.36 bits per heavy atom. The molecule has 1 aliphatic heterocycles. The van der Waals surface area contributed by atoms with Crippen molar-refractivity contribution in [3.05, 3.63) is 0 Å². The van der Waals surface area contributed by atoms with Crippen molar-refractivity contribution >= 4 is 5.97 Å². The number of quaternary nitrogens is 1. The number of esters is 1. The lowest BCUT2D eigenvalue weighted by Crippen LogP contribution is -2.93. The van der Waals surface area contributed by atoms with Gasteiger partial charge in [0.2, 0.25) is 0 Å². The van der Waals surface area contributed by atoms with Crippen molar-refractivity contribution in [2.45, 2.75) is 51.2 Å². The van der Waals surface area contributed by atoms with Gasteiger partial charge in [-0.3, -0.25) is 4.79 Å². The van der Waals surface area contributed by atoms with Crippen molar-refractivity contribution in [2.24, 2.45) is 5.92 Å². The van der Waals surface area contributed by atoms with Crippen LogP contribution < -0.4 is 5.32 Å². The Kier molecular flexibility index (Phi) is 3.06. The van der Waals surface area contributed by atoms with E-state index in [-0.39, 0.29) is 12.1 Å². The van der Waals surface area contributed by atoms with E-state index in [9.17, 15) is 4.79 Å². The number of hydrogen-bond donors (Lipinski definition) is 1. The molecule has 0 radical (unpaired) electrons. The van der Waals surface area contributed by atoms with E-state index < -0.39 is 0 Å². The normalized spacial score (nSPS) is 37.4. The van der Waals surface area contributed by atoms with Gasteiger partial charge in [0.15, 0.2) is 0 Å². The van der Waals surface area contributed by atoms with Crippen LogP contribution >= 0.6 is 0 Å². The first-order valence-electron chi connectivity index (χ1n) is 5.76. The molecule has 2 aliphatic rings. The highest BCUT2D eigenvalue weighted by atomic mass is 16.5. The SMILES string of the molecule is CC(=O)O[C@H]1CC[C@H]2CCC[NH2+][C@@H]2C1. The molecular weight excluding hydrogens is 178 g/mol. The maximum absolute atomic E-state index is 10.8. The van der Waals surface area contributed by atoms with Crippen molar-refractivity contribution in [2.75, 3.05) is 6.54 Å². The molecule has 0 aromatic carbocycles. The van der Waals surface area contributed by atoms with Crippen molar-refractivity contribution in [1.29, 1.82) is 0 Å². The van der Waals surface area contributed by atoms with Crippen LogP contribution in [0.3, 0.4) is 0 Å². The lowest BCUT2D eigenvalue weighted by molar-refractivity contribution is -0.707. The van der Waals surface area contributed by atoms with E-state index in [1.165, 1.54) is 32.7 Å².